The predicted molar refractivity (Wildman–Crippen MR) is 79.9 cm³/mol. The molecule has 6 heteroatoms. The maximum Gasteiger partial charge on any atom is 0.416 e. The Kier molecular flexibility index (Phi) is 6.68. The molecule has 0 aliphatic heterocycles. The second-order valence-electron chi connectivity index (χ2n) is 5.61. The van der Waals surface area contributed by atoms with Gasteiger partial charge in [0, 0.05) is 6.04 Å². The van der Waals surface area contributed by atoms with E-state index in [1.165, 1.54) is 13.2 Å². The van der Waals surface area contributed by atoms with Gasteiger partial charge < -0.3 is 15.6 Å². The molecular weight excluding hydrogens is 295 g/mol. The summed E-state index contributed by atoms with van der Waals surface area (Å²) in [6, 6.07) is 3.02. The maximum absolute atomic E-state index is 12.8. The molecule has 0 bridgehead atoms. The van der Waals surface area contributed by atoms with Crippen molar-refractivity contribution in [3.05, 3.63) is 29.3 Å². The zero-order chi connectivity index (χ0) is 16.9. The van der Waals surface area contributed by atoms with Gasteiger partial charge in [-0.3, -0.25) is 0 Å². The molecule has 0 aliphatic carbocycles. The van der Waals surface area contributed by atoms with Gasteiger partial charge in [-0.05, 0) is 42.5 Å². The zero-order valence-corrected chi connectivity index (χ0v) is 13.2. The summed E-state index contributed by atoms with van der Waals surface area (Å²) in [4.78, 5) is 0. The van der Waals surface area contributed by atoms with Crippen LogP contribution in [0.4, 0.5) is 13.2 Å². The zero-order valence-electron chi connectivity index (χ0n) is 13.2. The fourth-order valence-electron chi connectivity index (χ4n) is 2.49. The Balaban J connectivity index is 2.97. The third-order valence-electron chi connectivity index (χ3n) is 3.80. The number of nitrogens with two attached hydrogens (primary N) is 1. The SMILES string of the molecule is CCCC(N)C(O)CC(C)c1cc(C(F)(F)F)ccc1OC. The summed E-state index contributed by atoms with van der Waals surface area (Å²) in [5.74, 6) is 0.0897. The Morgan fingerprint density at radius 3 is 2.45 bits per heavy atom. The van der Waals surface area contributed by atoms with E-state index in [9.17, 15) is 18.3 Å². The molecule has 0 saturated heterocycles. The van der Waals surface area contributed by atoms with Gasteiger partial charge in [0.05, 0.1) is 18.8 Å². The Morgan fingerprint density at radius 1 is 1.32 bits per heavy atom. The second kappa shape index (κ2) is 7.83. The monoisotopic (exact) mass is 319 g/mol. The highest BCUT2D eigenvalue weighted by Crippen LogP contribution is 2.36. The predicted octanol–water partition coefficient (Wildman–Crippen LogP) is 3.70. The average molecular weight is 319 g/mol. The van der Waals surface area contributed by atoms with Crippen molar-refractivity contribution in [3.63, 3.8) is 0 Å². The van der Waals surface area contributed by atoms with E-state index in [1.54, 1.807) is 6.92 Å². The number of hydrogen-bond donors (Lipinski definition) is 2. The number of aliphatic hydroxyl groups excluding tert-OH is 1. The first-order valence-corrected chi connectivity index (χ1v) is 7.39. The van der Waals surface area contributed by atoms with E-state index >= 15 is 0 Å². The largest absolute Gasteiger partial charge is 0.496 e. The lowest BCUT2D eigenvalue weighted by Gasteiger charge is -2.23. The summed E-state index contributed by atoms with van der Waals surface area (Å²) in [7, 11) is 1.41. The van der Waals surface area contributed by atoms with Gasteiger partial charge in [0.25, 0.3) is 0 Å². The first-order valence-electron chi connectivity index (χ1n) is 7.39. The van der Waals surface area contributed by atoms with Gasteiger partial charge in [0.1, 0.15) is 5.75 Å². The number of methoxy groups -OCH3 is 1. The number of rotatable bonds is 7. The van der Waals surface area contributed by atoms with E-state index in [2.05, 4.69) is 0 Å². The summed E-state index contributed by atoms with van der Waals surface area (Å²) < 4.78 is 43.7. The van der Waals surface area contributed by atoms with Gasteiger partial charge in [-0.15, -0.1) is 0 Å². The van der Waals surface area contributed by atoms with Crippen molar-refractivity contribution in [2.75, 3.05) is 7.11 Å². The first-order chi connectivity index (χ1) is 10.2. The molecule has 1 aromatic rings. The van der Waals surface area contributed by atoms with Crippen molar-refractivity contribution < 1.29 is 23.0 Å². The van der Waals surface area contributed by atoms with E-state index in [-0.39, 0.29) is 12.0 Å². The van der Waals surface area contributed by atoms with Gasteiger partial charge in [0.2, 0.25) is 0 Å². The Morgan fingerprint density at radius 2 is 1.95 bits per heavy atom. The molecule has 0 heterocycles. The fourth-order valence-corrected chi connectivity index (χ4v) is 2.49. The van der Waals surface area contributed by atoms with Crippen molar-refractivity contribution in [2.24, 2.45) is 5.73 Å². The molecule has 0 amide bonds. The molecule has 1 rings (SSSR count). The minimum Gasteiger partial charge on any atom is -0.496 e. The molecule has 1 aromatic carbocycles. The van der Waals surface area contributed by atoms with Gasteiger partial charge in [0.15, 0.2) is 0 Å². The number of aliphatic hydroxyl groups is 1. The third-order valence-corrected chi connectivity index (χ3v) is 3.80. The Hall–Kier alpha value is -1.27. The molecule has 0 spiro atoms. The molecule has 0 radical (unpaired) electrons. The van der Waals surface area contributed by atoms with E-state index in [0.717, 1.165) is 18.6 Å². The number of hydrogen-bond acceptors (Lipinski definition) is 3. The molecule has 126 valence electrons. The van der Waals surface area contributed by atoms with Crippen LogP contribution in [0.1, 0.15) is 50.2 Å². The molecule has 3 nitrogen and oxygen atoms in total. The molecule has 0 fully saturated rings. The van der Waals surface area contributed by atoms with Crippen LogP contribution in [-0.4, -0.2) is 24.4 Å². The molecule has 0 aliphatic rings. The van der Waals surface area contributed by atoms with Crippen LogP contribution < -0.4 is 10.5 Å². The number of alkyl halides is 3. The normalized spacial score (nSPS) is 16.2. The highest BCUT2D eigenvalue weighted by atomic mass is 19.4. The van der Waals surface area contributed by atoms with E-state index < -0.39 is 17.8 Å². The number of halogens is 3. The fraction of sp³-hybridized carbons (Fsp3) is 0.625. The van der Waals surface area contributed by atoms with E-state index in [1.807, 2.05) is 6.92 Å². The average Bonchev–Trinajstić information content (AvgIpc) is 2.45. The van der Waals surface area contributed by atoms with Crippen molar-refractivity contribution in [1.82, 2.24) is 0 Å². The van der Waals surface area contributed by atoms with Crippen LogP contribution in [0.5, 0.6) is 5.75 Å². The Labute approximate surface area is 129 Å². The summed E-state index contributed by atoms with van der Waals surface area (Å²) in [6.45, 7) is 3.73. The van der Waals surface area contributed by atoms with E-state index in [0.29, 0.717) is 24.2 Å². The molecule has 0 aromatic heterocycles. The summed E-state index contributed by atoms with van der Waals surface area (Å²) >= 11 is 0. The second-order valence-corrected chi connectivity index (χ2v) is 5.61. The summed E-state index contributed by atoms with van der Waals surface area (Å²) in [6.07, 6.45) is -3.35. The summed E-state index contributed by atoms with van der Waals surface area (Å²) in [5.41, 5.74) is 5.57. The minimum absolute atomic E-state index is 0.291. The van der Waals surface area contributed by atoms with Crippen LogP contribution in [0.2, 0.25) is 0 Å². The number of ether oxygens (including phenoxy) is 1. The topological polar surface area (TPSA) is 55.5 Å². The van der Waals surface area contributed by atoms with Crippen molar-refractivity contribution in [2.45, 2.75) is 57.3 Å². The Bertz CT molecular complexity index is 477. The van der Waals surface area contributed by atoms with Gasteiger partial charge in [-0.25, -0.2) is 0 Å². The quantitative estimate of drug-likeness (QED) is 0.806. The highest BCUT2D eigenvalue weighted by molar-refractivity contribution is 5.40. The smallest absolute Gasteiger partial charge is 0.416 e. The standard InChI is InChI=1S/C16H24F3NO2/c1-4-5-13(20)14(21)8-10(2)12-9-11(16(17,18)19)6-7-15(12)22-3/h6-7,9-10,13-14,21H,4-5,8,20H2,1-3H3. The first kappa shape index (κ1) is 18.8. The lowest BCUT2D eigenvalue weighted by atomic mass is 9.90. The van der Waals surface area contributed by atoms with Crippen molar-refractivity contribution in [3.8, 4) is 5.75 Å². The van der Waals surface area contributed by atoms with Crippen LogP contribution in [0, 0.1) is 0 Å². The molecule has 22 heavy (non-hydrogen) atoms. The lowest BCUT2D eigenvalue weighted by Crippen LogP contribution is -2.35. The van der Waals surface area contributed by atoms with Crippen LogP contribution in [-0.2, 0) is 6.18 Å². The third kappa shape index (κ3) is 4.88. The van der Waals surface area contributed by atoms with Crippen LogP contribution in [0.15, 0.2) is 18.2 Å². The van der Waals surface area contributed by atoms with Gasteiger partial charge in [-0.2, -0.15) is 13.2 Å². The number of benzene rings is 1. The minimum atomic E-state index is -4.40. The highest BCUT2D eigenvalue weighted by Gasteiger charge is 2.32. The van der Waals surface area contributed by atoms with E-state index in [4.69, 9.17) is 10.5 Å². The summed E-state index contributed by atoms with van der Waals surface area (Å²) in [5, 5.41) is 10.1. The van der Waals surface area contributed by atoms with Gasteiger partial charge in [-0.1, -0.05) is 20.3 Å². The van der Waals surface area contributed by atoms with Crippen LogP contribution >= 0.6 is 0 Å². The van der Waals surface area contributed by atoms with Crippen LogP contribution in [0.3, 0.4) is 0 Å². The maximum atomic E-state index is 12.8. The molecular formula is C16H24F3NO2. The lowest BCUT2D eigenvalue weighted by molar-refractivity contribution is -0.137. The molecule has 0 saturated carbocycles. The van der Waals surface area contributed by atoms with Crippen molar-refractivity contribution >= 4 is 0 Å². The van der Waals surface area contributed by atoms with Gasteiger partial charge >= 0.3 is 6.18 Å². The molecule has 3 N–H and O–H groups in total. The van der Waals surface area contributed by atoms with Crippen LogP contribution in [0.25, 0.3) is 0 Å². The molecule has 3 atom stereocenters. The van der Waals surface area contributed by atoms with Crippen molar-refractivity contribution in [1.29, 1.82) is 0 Å². The molecule has 3 unspecified atom stereocenters.